The van der Waals surface area contributed by atoms with Crippen molar-refractivity contribution in [2.75, 3.05) is 13.3 Å². The smallest absolute Gasteiger partial charge is 0.326 e. The fourth-order valence-electron chi connectivity index (χ4n) is 2.20. The van der Waals surface area contributed by atoms with Gasteiger partial charge in [0.1, 0.15) is 12.3 Å². The van der Waals surface area contributed by atoms with Crippen molar-refractivity contribution in [3.05, 3.63) is 0 Å². The normalized spacial score (nSPS) is 22.3. The number of ether oxygens (including phenoxy) is 1. The van der Waals surface area contributed by atoms with Crippen molar-refractivity contribution in [3.63, 3.8) is 0 Å². The van der Waals surface area contributed by atoms with Gasteiger partial charge in [0.15, 0.2) is 0 Å². The molecule has 1 aliphatic carbocycles. The van der Waals surface area contributed by atoms with E-state index in [1.807, 2.05) is 0 Å². The lowest BCUT2D eigenvalue weighted by atomic mass is 9.77. The summed E-state index contributed by atoms with van der Waals surface area (Å²) >= 11 is 0. The summed E-state index contributed by atoms with van der Waals surface area (Å²) in [7, 11) is -1.12. The fraction of sp³-hybridized carbons (Fsp3) is 0.833. The van der Waals surface area contributed by atoms with Gasteiger partial charge in [-0.25, -0.2) is 9.69 Å². The van der Waals surface area contributed by atoms with Crippen molar-refractivity contribution in [1.82, 2.24) is 10.2 Å². The van der Waals surface area contributed by atoms with Crippen LogP contribution in [0.1, 0.15) is 19.3 Å². The highest BCUT2D eigenvalue weighted by Gasteiger charge is 2.54. The van der Waals surface area contributed by atoms with Crippen molar-refractivity contribution < 1.29 is 14.3 Å². The van der Waals surface area contributed by atoms with Crippen molar-refractivity contribution in [1.29, 1.82) is 0 Å². The van der Waals surface area contributed by atoms with Gasteiger partial charge in [-0.05, 0) is 25.3 Å². The van der Waals surface area contributed by atoms with E-state index in [2.05, 4.69) is 25.0 Å². The Morgan fingerprint density at radius 2 is 2.00 bits per heavy atom. The molecule has 0 aromatic rings. The molecule has 2 aliphatic rings. The lowest BCUT2D eigenvalue weighted by Gasteiger charge is -2.34. The highest BCUT2D eigenvalue weighted by atomic mass is 28.3. The zero-order valence-electron chi connectivity index (χ0n) is 11.4. The van der Waals surface area contributed by atoms with Crippen LogP contribution in [0.4, 0.5) is 4.79 Å². The first kappa shape index (κ1) is 13.5. The molecule has 2 rings (SSSR count). The number of nitrogens with zero attached hydrogens (tertiary/aromatic N) is 1. The second kappa shape index (κ2) is 4.66. The van der Waals surface area contributed by atoms with Gasteiger partial charge in [-0.1, -0.05) is 19.6 Å². The Bertz CT molecular complexity index is 361. The molecule has 1 aliphatic heterocycles. The SMILES string of the molecule is C[Si](C)(C)CCOCN1C(=O)NC2(CCC2)C1=O. The van der Waals surface area contributed by atoms with E-state index in [0.717, 1.165) is 25.3 Å². The Kier molecular flexibility index (Phi) is 3.51. The van der Waals surface area contributed by atoms with Gasteiger partial charge in [0, 0.05) is 14.7 Å². The highest BCUT2D eigenvalue weighted by Crippen LogP contribution is 2.37. The van der Waals surface area contributed by atoms with E-state index < -0.39 is 13.6 Å². The van der Waals surface area contributed by atoms with Crippen molar-refractivity contribution in [3.8, 4) is 0 Å². The molecule has 1 spiro atoms. The number of hydrogen-bond acceptors (Lipinski definition) is 3. The molecule has 5 nitrogen and oxygen atoms in total. The maximum atomic E-state index is 12.1. The Morgan fingerprint density at radius 3 is 2.44 bits per heavy atom. The van der Waals surface area contributed by atoms with Gasteiger partial charge < -0.3 is 10.1 Å². The minimum Gasteiger partial charge on any atom is -0.361 e. The molecule has 2 fully saturated rings. The van der Waals surface area contributed by atoms with Crippen LogP contribution in [-0.2, 0) is 9.53 Å². The van der Waals surface area contributed by atoms with Crippen LogP contribution >= 0.6 is 0 Å². The minimum absolute atomic E-state index is 0.0941. The van der Waals surface area contributed by atoms with E-state index in [4.69, 9.17) is 4.74 Å². The number of carbonyl (C=O) groups excluding carboxylic acids is 2. The van der Waals surface area contributed by atoms with Crippen LogP contribution in [0.15, 0.2) is 0 Å². The van der Waals surface area contributed by atoms with Gasteiger partial charge in [-0.3, -0.25) is 4.79 Å². The third-order valence-electron chi connectivity index (χ3n) is 3.67. The molecule has 1 saturated heterocycles. The second-order valence-electron chi connectivity index (χ2n) is 6.45. The molecule has 0 unspecified atom stereocenters. The second-order valence-corrected chi connectivity index (χ2v) is 12.1. The predicted molar refractivity (Wildman–Crippen MR) is 70.9 cm³/mol. The average molecular weight is 270 g/mol. The number of carbonyl (C=O) groups is 2. The maximum Gasteiger partial charge on any atom is 0.326 e. The van der Waals surface area contributed by atoms with Gasteiger partial charge in [-0.15, -0.1) is 0 Å². The van der Waals surface area contributed by atoms with Crippen LogP contribution in [0.25, 0.3) is 0 Å². The lowest BCUT2D eigenvalue weighted by molar-refractivity contribution is -0.137. The lowest BCUT2D eigenvalue weighted by Crippen LogP contribution is -2.52. The Labute approximate surface area is 109 Å². The number of hydrogen-bond donors (Lipinski definition) is 1. The first-order chi connectivity index (χ1) is 8.34. The summed E-state index contributed by atoms with van der Waals surface area (Å²) in [6, 6.07) is 0.745. The predicted octanol–water partition coefficient (Wildman–Crippen LogP) is 1.77. The van der Waals surface area contributed by atoms with Crippen LogP contribution in [0.5, 0.6) is 0 Å². The van der Waals surface area contributed by atoms with Gasteiger partial charge in [-0.2, -0.15) is 0 Å². The number of imide groups is 1. The first-order valence-electron chi connectivity index (χ1n) is 6.56. The molecule has 1 saturated carbocycles. The molecular weight excluding hydrogens is 248 g/mol. The van der Waals surface area contributed by atoms with Gasteiger partial charge in [0.05, 0.1) is 0 Å². The molecule has 0 radical (unpaired) electrons. The molecule has 6 heteroatoms. The van der Waals surface area contributed by atoms with Crippen LogP contribution in [0, 0.1) is 0 Å². The van der Waals surface area contributed by atoms with Crippen LogP contribution < -0.4 is 5.32 Å². The van der Waals surface area contributed by atoms with Crippen molar-refractivity contribution in [2.24, 2.45) is 0 Å². The van der Waals surface area contributed by atoms with Gasteiger partial charge in [0.25, 0.3) is 5.91 Å². The molecule has 3 amide bonds. The summed E-state index contributed by atoms with van der Waals surface area (Å²) in [5.41, 5.74) is -0.584. The number of rotatable bonds is 5. The third kappa shape index (κ3) is 2.59. The highest BCUT2D eigenvalue weighted by molar-refractivity contribution is 6.76. The van der Waals surface area contributed by atoms with E-state index in [1.165, 1.54) is 4.90 Å². The van der Waals surface area contributed by atoms with E-state index in [-0.39, 0.29) is 18.7 Å². The number of nitrogens with one attached hydrogen (secondary N) is 1. The van der Waals surface area contributed by atoms with Gasteiger partial charge in [0.2, 0.25) is 0 Å². The average Bonchev–Trinajstić information content (AvgIpc) is 2.45. The monoisotopic (exact) mass is 270 g/mol. The molecule has 18 heavy (non-hydrogen) atoms. The molecule has 0 aromatic carbocycles. The Morgan fingerprint density at radius 1 is 1.33 bits per heavy atom. The molecule has 1 heterocycles. The van der Waals surface area contributed by atoms with E-state index >= 15 is 0 Å². The summed E-state index contributed by atoms with van der Waals surface area (Å²) in [5.74, 6) is -0.105. The quantitative estimate of drug-likeness (QED) is 0.470. The van der Waals surface area contributed by atoms with Crippen molar-refractivity contribution in [2.45, 2.75) is 50.5 Å². The summed E-state index contributed by atoms with van der Waals surface area (Å²) in [6.45, 7) is 7.53. The zero-order chi connectivity index (χ0) is 13.4. The molecular formula is C12H22N2O3Si. The largest absolute Gasteiger partial charge is 0.361 e. The minimum atomic E-state index is -1.12. The van der Waals surface area contributed by atoms with Crippen LogP contribution in [-0.4, -0.2) is 43.8 Å². The zero-order valence-corrected chi connectivity index (χ0v) is 12.4. The maximum absolute atomic E-state index is 12.1. The molecule has 0 atom stereocenters. The standard InChI is InChI=1S/C12H22N2O3Si/c1-18(2,3)8-7-17-9-14-10(15)12(5-4-6-12)13-11(14)16/h4-9H2,1-3H3,(H,13,16). The van der Waals surface area contributed by atoms with E-state index in [0.29, 0.717) is 6.61 Å². The van der Waals surface area contributed by atoms with E-state index in [1.54, 1.807) is 0 Å². The van der Waals surface area contributed by atoms with E-state index in [9.17, 15) is 9.59 Å². The summed E-state index contributed by atoms with van der Waals surface area (Å²) < 4.78 is 5.48. The Hall–Kier alpha value is -0.883. The molecule has 102 valence electrons. The number of amides is 3. The summed E-state index contributed by atoms with van der Waals surface area (Å²) in [4.78, 5) is 25.0. The van der Waals surface area contributed by atoms with Crippen molar-refractivity contribution >= 4 is 20.0 Å². The molecule has 0 bridgehead atoms. The fourth-order valence-corrected chi connectivity index (χ4v) is 2.95. The van der Waals surface area contributed by atoms with Crippen LogP contribution in [0.2, 0.25) is 25.7 Å². The topological polar surface area (TPSA) is 58.6 Å². The van der Waals surface area contributed by atoms with Gasteiger partial charge >= 0.3 is 6.03 Å². The van der Waals surface area contributed by atoms with Crippen LogP contribution in [0.3, 0.4) is 0 Å². The number of urea groups is 1. The summed E-state index contributed by atoms with van der Waals surface area (Å²) in [5, 5.41) is 2.79. The summed E-state index contributed by atoms with van der Waals surface area (Å²) in [6.07, 6.45) is 2.54. The molecule has 1 N–H and O–H groups in total. The Balaban J connectivity index is 1.79. The third-order valence-corrected chi connectivity index (χ3v) is 5.37. The first-order valence-corrected chi connectivity index (χ1v) is 10.3. The molecule has 0 aromatic heterocycles.